The largest absolute Gasteiger partial charge is 0.389 e. The second-order valence-corrected chi connectivity index (χ2v) is 3.53. The number of nitrogens with one attached hydrogen (secondary N) is 1. The van der Waals surface area contributed by atoms with E-state index in [1.165, 1.54) is 0 Å². The highest BCUT2D eigenvalue weighted by molar-refractivity contribution is 4.57. The molecule has 2 N–H and O–H groups in total. The monoisotopic (exact) mass is 251 g/mol. The molecule has 0 aromatic carbocycles. The van der Waals surface area contributed by atoms with Crippen molar-refractivity contribution in [2.75, 3.05) is 67.0 Å². The Labute approximate surface area is 103 Å². The van der Waals surface area contributed by atoms with E-state index in [0.29, 0.717) is 52.7 Å². The van der Waals surface area contributed by atoms with Gasteiger partial charge in [-0.15, -0.1) is 0 Å². The maximum absolute atomic E-state index is 9.50. The van der Waals surface area contributed by atoms with Gasteiger partial charge in [0, 0.05) is 27.3 Å². The normalized spacial score (nSPS) is 12.9. The lowest BCUT2D eigenvalue weighted by Crippen LogP contribution is -2.32. The van der Waals surface area contributed by atoms with E-state index in [1.54, 1.807) is 14.2 Å². The average molecular weight is 251 g/mol. The molecule has 0 saturated heterocycles. The van der Waals surface area contributed by atoms with Crippen LogP contribution in [0.3, 0.4) is 0 Å². The number of aliphatic hydroxyl groups excluding tert-OH is 1. The van der Waals surface area contributed by atoms with Crippen molar-refractivity contribution in [1.29, 1.82) is 0 Å². The molecule has 0 bridgehead atoms. The highest BCUT2D eigenvalue weighted by Gasteiger charge is 2.02. The molecule has 1 atom stereocenters. The van der Waals surface area contributed by atoms with Gasteiger partial charge in [-0.05, 0) is 0 Å². The number of methoxy groups -OCH3 is 2. The first-order valence-electron chi connectivity index (χ1n) is 5.83. The zero-order valence-corrected chi connectivity index (χ0v) is 10.8. The molecule has 0 heterocycles. The van der Waals surface area contributed by atoms with Crippen molar-refractivity contribution in [3.63, 3.8) is 0 Å². The minimum absolute atomic E-state index is 0.320. The molecule has 0 aliphatic rings. The standard InChI is InChI=1S/C11H25NO5/c1-14-5-7-16-4-3-12-9-11(13)10-17-8-6-15-2/h11-13H,3-10H2,1-2H3. The Kier molecular flexibility index (Phi) is 13.6. The summed E-state index contributed by atoms with van der Waals surface area (Å²) >= 11 is 0. The minimum atomic E-state index is -0.495. The van der Waals surface area contributed by atoms with E-state index in [0.717, 1.165) is 0 Å². The van der Waals surface area contributed by atoms with Crippen LogP contribution in [0.5, 0.6) is 0 Å². The van der Waals surface area contributed by atoms with E-state index >= 15 is 0 Å². The number of ether oxygens (including phenoxy) is 4. The minimum Gasteiger partial charge on any atom is -0.389 e. The predicted molar refractivity (Wildman–Crippen MR) is 64.3 cm³/mol. The zero-order valence-electron chi connectivity index (χ0n) is 10.8. The summed E-state index contributed by atoms with van der Waals surface area (Å²) in [6, 6.07) is 0. The Morgan fingerprint density at radius 2 is 1.59 bits per heavy atom. The first-order chi connectivity index (χ1) is 8.31. The van der Waals surface area contributed by atoms with Crippen LogP contribution in [0.1, 0.15) is 0 Å². The van der Waals surface area contributed by atoms with Crippen LogP contribution in [0.2, 0.25) is 0 Å². The summed E-state index contributed by atoms with van der Waals surface area (Å²) in [5.41, 5.74) is 0. The van der Waals surface area contributed by atoms with Gasteiger partial charge in [0.2, 0.25) is 0 Å². The SMILES string of the molecule is COCCOCCNCC(O)COCCOC. The fourth-order valence-electron chi connectivity index (χ4n) is 1.08. The second-order valence-electron chi connectivity index (χ2n) is 3.53. The Balaban J connectivity index is 3.08. The predicted octanol–water partition coefficient (Wildman–Crippen LogP) is -0.737. The third kappa shape index (κ3) is 13.7. The molecule has 0 aliphatic heterocycles. The molecule has 6 nitrogen and oxygen atoms in total. The van der Waals surface area contributed by atoms with Crippen molar-refractivity contribution >= 4 is 0 Å². The lowest BCUT2D eigenvalue weighted by molar-refractivity contribution is 0.0127. The molecule has 1 unspecified atom stereocenters. The Hall–Kier alpha value is -0.240. The van der Waals surface area contributed by atoms with E-state index in [1.807, 2.05) is 0 Å². The first-order valence-corrected chi connectivity index (χ1v) is 5.83. The number of hydrogen-bond acceptors (Lipinski definition) is 6. The molecule has 104 valence electrons. The van der Waals surface area contributed by atoms with Gasteiger partial charge in [-0.1, -0.05) is 0 Å². The van der Waals surface area contributed by atoms with Crippen molar-refractivity contribution < 1.29 is 24.1 Å². The molecule has 0 aromatic heterocycles. The van der Waals surface area contributed by atoms with Crippen LogP contribution < -0.4 is 5.32 Å². The molecule has 0 aromatic rings. The van der Waals surface area contributed by atoms with Crippen molar-refractivity contribution in [3.8, 4) is 0 Å². The number of hydrogen-bond donors (Lipinski definition) is 2. The van der Waals surface area contributed by atoms with Crippen molar-refractivity contribution in [2.45, 2.75) is 6.10 Å². The second kappa shape index (κ2) is 13.8. The van der Waals surface area contributed by atoms with Gasteiger partial charge in [0.15, 0.2) is 0 Å². The van der Waals surface area contributed by atoms with E-state index < -0.39 is 6.10 Å². The lowest BCUT2D eigenvalue weighted by atomic mass is 10.4. The van der Waals surface area contributed by atoms with Crippen LogP contribution in [0.15, 0.2) is 0 Å². The van der Waals surface area contributed by atoms with Gasteiger partial charge < -0.3 is 29.4 Å². The maximum atomic E-state index is 9.50. The Morgan fingerprint density at radius 1 is 0.941 bits per heavy atom. The lowest BCUT2D eigenvalue weighted by Gasteiger charge is -2.12. The molecule has 17 heavy (non-hydrogen) atoms. The molecule has 0 fully saturated rings. The third-order valence-electron chi connectivity index (χ3n) is 1.98. The van der Waals surface area contributed by atoms with E-state index in [9.17, 15) is 5.11 Å². The van der Waals surface area contributed by atoms with Crippen molar-refractivity contribution in [2.24, 2.45) is 0 Å². The summed E-state index contributed by atoms with van der Waals surface area (Å²) in [6.45, 7) is 4.40. The molecule has 0 aliphatic carbocycles. The molecule has 0 amide bonds. The summed E-state index contributed by atoms with van der Waals surface area (Å²) in [5.74, 6) is 0. The van der Waals surface area contributed by atoms with Crippen LogP contribution in [-0.4, -0.2) is 78.2 Å². The molecular weight excluding hydrogens is 226 g/mol. The highest BCUT2D eigenvalue weighted by atomic mass is 16.5. The summed E-state index contributed by atoms with van der Waals surface area (Å²) < 4.78 is 20.1. The Morgan fingerprint density at radius 3 is 2.24 bits per heavy atom. The van der Waals surface area contributed by atoms with Gasteiger partial charge in [0.05, 0.1) is 45.7 Å². The topological polar surface area (TPSA) is 69.2 Å². The fraction of sp³-hybridized carbons (Fsp3) is 1.00. The first kappa shape index (κ1) is 16.8. The van der Waals surface area contributed by atoms with Crippen molar-refractivity contribution in [1.82, 2.24) is 5.32 Å². The summed E-state index contributed by atoms with van der Waals surface area (Å²) in [6.07, 6.45) is -0.495. The number of aliphatic hydroxyl groups is 1. The molecule has 0 rings (SSSR count). The smallest absolute Gasteiger partial charge is 0.0897 e. The summed E-state index contributed by atoms with van der Waals surface area (Å²) in [7, 11) is 3.26. The van der Waals surface area contributed by atoms with Crippen LogP contribution in [-0.2, 0) is 18.9 Å². The molecular formula is C11H25NO5. The highest BCUT2D eigenvalue weighted by Crippen LogP contribution is 1.84. The number of rotatable bonds is 13. The van der Waals surface area contributed by atoms with Crippen LogP contribution >= 0.6 is 0 Å². The van der Waals surface area contributed by atoms with Gasteiger partial charge in [-0.3, -0.25) is 0 Å². The molecule has 0 saturated carbocycles. The summed E-state index contributed by atoms with van der Waals surface area (Å²) in [4.78, 5) is 0. The van der Waals surface area contributed by atoms with Crippen molar-refractivity contribution in [3.05, 3.63) is 0 Å². The zero-order chi connectivity index (χ0) is 12.8. The van der Waals surface area contributed by atoms with E-state index in [4.69, 9.17) is 18.9 Å². The molecule has 6 heteroatoms. The Bertz CT molecular complexity index is 148. The van der Waals surface area contributed by atoms with Crippen LogP contribution in [0.25, 0.3) is 0 Å². The average Bonchev–Trinajstić information content (AvgIpc) is 2.33. The van der Waals surface area contributed by atoms with Gasteiger partial charge in [-0.2, -0.15) is 0 Å². The third-order valence-corrected chi connectivity index (χ3v) is 1.98. The van der Waals surface area contributed by atoms with E-state index in [-0.39, 0.29) is 0 Å². The molecule has 0 spiro atoms. The molecule has 0 radical (unpaired) electrons. The van der Waals surface area contributed by atoms with Gasteiger partial charge in [0.1, 0.15) is 0 Å². The quantitative estimate of drug-likeness (QED) is 0.420. The van der Waals surface area contributed by atoms with Crippen LogP contribution in [0.4, 0.5) is 0 Å². The van der Waals surface area contributed by atoms with Gasteiger partial charge in [-0.25, -0.2) is 0 Å². The van der Waals surface area contributed by atoms with E-state index in [2.05, 4.69) is 5.32 Å². The fourth-order valence-corrected chi connectivity index (χ4v) is 1.08. The summed E-state index contributed by atoms with van der Waals surface area (Å²) in [5, 5.41) is 12.6. The maximum Gasteiger partial charge on any atom is 0.0897 e. The van der Waals surface area contributed by atoms with Gasteiger partial charge in [0.25, 0.3) is 0 Å². The van der Waals surface area contributed by atoms with Gasteiger partial charge >= 0.3 is 0 Å². The van der Waals surface area contributed by atoms with Crippen LogP contribution in [0, 0.1) is 0 Å².